The Bertz CT molecular complexity index is 229. The van der Waals surface area contributed by atoms with Crippen molar-refractivity contribution < 1.29 is 0 Å². The molecule has 2 aromatic rings. The summed E-state index contributed by atoms with van der Waals surface area (Å²) in [5.41, 5.74) is 0. The Morgan fingerprint density at radius 1 is 1.62 bits per heavy atom. The monoisotopic (exact) mass is 109 g/mol. The molecule has 1 N–H and O–H groups in total. The van der Waals surface area contributed by atoms with Crippen molar-refractivity contribution in [2.45, 2.75) is 0 Å². The number of aromatic amines is 1. The van der Waals surface area contributed by atoms with E-state index in [0.29, 0.717) is 5.78 Å². The summed E-state index contributed by atoms with van der Waals surface area (Å²) in [6.45, 7) is 0. The summed E-state index contributed by atoms with van der Waals surface area (Å²) in [7, 11) is 0. The van der Waals surface area contributed by atoms with E-state index in [1.165, 1.54) is 0 Å². The lowest BCUT2D eigenvalue weighted by Gasteiger charge is -1.69. The predicted molar refractivity (Wildman–Crippen MR) is 25.1 cm³/mol. The van der Waals surface area contributed by atoms with Crippen LogP contribution in [0.25, 0.3) is 5.78 Å². The van der Waals surface area contributed by atoms with Gasteiger partial charge in [0.1, 0.15) is 0 Å². The number of tetrazole rings is 1. The molecule has 0 aliphatic carbocycles. The fraction of sp³-hybridized carbons (Fsp3) is 0. The SMILES string of the molecule is c1cn2[nH]nnc2n1. The molecule has 0 spiro atoms. The normalized spacial score (nSPS) is 10.5. The zero-order valence-electron chi connectivity index (χ0n) is 3.94. The first kappa shape index (κ1) is 3.59. The van der Waals surface area contributed by atoms with Gasteiger partial charge in [-0.05, 0) is 5.21 Å². The average Bonchev–Trinajstić information content (AvgIpc) is 2.15. The van der Waals surface area contributed by atoms with E-state index in [0.717, 1.165) is 0 Å². The van der Waals surface area contributed by atoms with Crippen LogP contribution in [0.2, 0.25) is 0 Å². The first-order valence-corrected chi connectivity index (χ1v) is 2.17. The van der Waals surface area contributed by atoms with Crippen LogP contribution in [-0.4, -0.2) is 25.0 Å². The molecule has 0 aliphatic heterocycles. The minimum Gasteiger partial charge on any atom is -0.217 e. The van der Waals surface area contributed by atoms with E-state index in [1.54, 1.807) is 16.9 Å². The van der Waals surface area contributed by atoms with E-state index in [-0.39, 0.29) is 0 Å². The van der Waals surface area contributed by atoms with Gasteiger partial charge in [0.05, 0.1) is 6.20 Å². The summed E-state index contributed by atoms with van der Waals surface area (Å²) in [5, 5.41) is 9.70. The van der Waals surface area contributed by atoms with Gasteiger partial charge in [0.2, 0.25) is 0 Å². The van der Waals surface area contributed by atoms with Gasteiger partial charge in [0, 0.05) is 6.20 Å². The molecule has 40 valence electrons. The molecule has 0 saturated heterocycles. The van der Waals surface area contributed by atoms with Crippen LogP contribution in [-0.2, 0) is 0 Å². The standard InChI is InChI=1S/C3H3N5/c1-2-8-3(4-1)5-6-7-8/h1-2H,(H,4,5,7). The summed E-state index contributed by atoms with van der Waals surface area (Å²) in [6.07, 6.45) is 3.40. The molecule has 2 aromatic heterocycles. The third kappa shape index (κ3) is 0.281. The molecule has 5 nitrogen and oxygen atoms in total. The lowest BCUT2D eigenvalue weighted by Crippen LogP contribution is -1.77. The van der Waals surface area contributed by atoms with Crippen molar-refractivity contribution in [3.8, 4) is 0 Å². The molecule has 2 heterocycles. The highest BCUT2D eigenvalue weighted by Crippen LogP contribution is 1.86. The van der Waals surface area contributed by atoms with Crippen molar-refractivity contribution in [1.82, 2.24) is 25.0 Å². The summed E-state index contributed by atoms with van der Waals surface area (Å²) in [4.78, 5) is 3.84. The highest BCUT2D eigenvalue weighted by atomic mass is 15.5. The molecule has 5 heteroatoms. The molecule has 0 atom stereocenters. The number of rotatable bonds is 0. The molecule has 0 radical (unpaired) electrons. The number of H-pyrrole nitrogens is 1. The summed E-state index contributed by atoms with van der Waals surface area (Å²) in [6, 6.07) is 0. The molecule has 0 amide bonds. The number of aromatic nitrogens is 5. The van der Waals surface area contributed by atoms with Crippen molar-refractivity contribution >= 4 is 5.78 Å². The average molecular weight is 109 g/mol. The van der Waals surface area contributed by atoms with Gasteiger partial charge in [-0.3, -0.25) is 0 Å². The zero-order valence-corrected chi connectivity index (χ0v) is 3.94. The van der Waals surface area contributed by atoms with Crippen molar-refractivity contribution in [3.63, 3.8) is 0 Å². The number of imidazole rings is 1. The van der Waals surface area contributed by atoms with Crippen LogP contribution in [0.1, 0.15) is 0 Å². The van der Waals surface area contributed by atoms with Gasteiger partial charge in [-0.2, -0.15) is 5.21 Å². The van der Waals surface area contributed by atoms with Gasteiger partial charge in [-0.15, -0.1) is 0 Å². The highest BCUT2D eigenvalue weighted by molar-refractivity contribution is 5.20. The van der Waals surface area contributed by atoms with E-state index >= 15 is 0 Å². The number of nitrogens with one attached hydrogen (secondary N) is 1. The second-order valence-corrected chi connectivity index (χ2v) is 1.40. The largest absolute Gasteiger partial charge is 0.271 e. The van der Waals surface area contributed by atoms with Crippen molar-refractivity contribution in [2.24, 2.45) is 0 Å². The van der Waals surface area contributed by atoms with Gasteiger partial charge >= 0.3 is 0 Å². The van der Waals surface area contributed by atoms with Crippen LogP contribution in [0.15, 0.2) is 12.4 Å². The molecule has 0 bridgehead atoms. The first-order valence-electron chi connectivity index (χ1n) is 2.17. The van der Waals surface area contributed by atoms with Gasteiger partial charge < -0.3 is 0 Å². The van der Waals surface area contributed by atoms with Crippen LogP contribution >= 0.6 is 0 Å². The Morgan fingerprint density at radius 2 is 2.62 bits per heavy atom. The van der Waals surface area contributed by atoms with E-state index in [9.17, 15) is 0 Å². The maximum atomic E-state index is 3.84. The van der Waals surface area contributed by atoms with E-state index in [2.05, 4.69) is 20.5 Å². The smallest absolute Gasteiger partial charge is 0.217 e. The molecule has 8 heavy (non-hydrogen) atoms. The van der Waals surface area contributed by atoms with Crippen LogP contribution in [0.5, 0.6) is 0 Å². The Kier molecular flexibility index (Phi) is 0.476. The van der Waals surface area contributed by atoms with E-state index in [4.69, 9.17) is 0 Å². The molecule has 0 unspecified atom stereocenters. The van der Waals surface area contributed by atoms with Gasteiger partial charge in [-0.1, -0.05) is 5.10 Å². The fourth-order valence-electron chi connectivity index (χ4n) is 0.563. The Labute approximate surface area is 44.3 Å². The lowest BCUT2D eigenvalue weighted by atomic mass is 11.0. The van der Waals surface area contributed by atoms with Crippen LogP contribution < -0.4 is 0 Å². The van der Waals surface area contributed by atoms with E-state index < -0.39 is 0 Å². The minimum absolute atomic E-state index is 0.602. The highest BCUT2D eigenvalue weighted by Gasteiger charge is 1.90. The molecular weight excluding hydrogens is 106 g/mol. The van der Waals surface area contributed by atoms with Gasteiger partial charge in [-0.25, -0.2) is 9.50 Å². The van der Waals surface area contributed by atoms with E-state index in [1.807, 2.05) is 0 Å². The summed E-state index contributed by atoms with van der Waals surface area (Å²) >= 11 is 0. The second kappa shape index (κ2) is 1.06. The third-order valence-corrected chi connectivity index (χ3v) is 0.913. The number of hydrogen-bond acceptors (Lipinski definition) is 3. The molecular formula is C3H3N5. The predicted octanol–water partition coefficient (Wildman–Crippen LogP) is -0.548. The number of hydrogen-bond donors (Lipinski definition) is 1. The lowest BCUT2D eigenvalue weighted by molar-refractivity contribution is 0.826. The molecule has 0 aromatic carbocycles. The van der Waals surface area contributed by atoms with Crippen LogP contribution in [0, 0.1) is 0 Å². The second-order valence-electron chi connectivity index (χ2n) is 1.40. The molecule has 0 fully saturated rings. The topological polar surface area (TPSA) is 58.9 Å². The number of nitrogens with zero attached hydrogens (tertiary/aromatic N) is 4. The van der Waals surface area contributed by atoms with Crippen LogP contribution in [0.3, 0.4) is 0 Å². The minimum atomic E-state index is 0.602. The third-order valence-electron chi connectivity index (χ3n) is 0.913. The maximum Gasteiger partial charge on any atom is 0.271 e. The van der Waals surface area contributed by atoms with Crippen molar-refractivity contribution in [1.29, 1.82) is 0 Å². The van der Waals surface area contributed by atoms with Crippen molar-refractivity contribution in [3.05, 3.63) is 12.4 Å². The quantitative estimate of drug-likeness (QED) is 0.494. The Morgan fingerprint density at radius 3 is 3.50 bits per heavy atom. The Balaban J connectivity index is 3.06. The van der Waals surface area contributed by atoms with Crippen LogP contribution in [0.4, 0.5) is 0 Å². The van der Waals surface area contributed by atoms with Gasteiger partial charge in [0.25, 0.3) is 5.78 Å². The summed E-state index contributed by atoms with van der Waals surface area (Å²) < 4.78 is 1.62. The molecule has 2 rings (SSSR count). The zero-order chi connectivity index (χ0) is 5.40. The Hall–Kier alpha value is -1.39. The summed E-state index contributed by atoms with van der Waals surface area (Å²) in [5.74, 6) is 0.602. The molecule has 0 aliphatic rings. The van der Waals surface area contributed by atoms with Crippen molar-refractivity contribution in [2.75, 3.05) is 0 Å². The maximum absolute atomic E-state index is 3.84. The molecule has 0 saturated carbocycles. The van der Waals surface area contributed by atoms with Gasteiger partial charge in [0.15, 0.2) is 0 Å². The first-order chi connectivity index (χ1) is 3.97. The number of fused-ring (bicyclic) bond motifs is 1. The fourth-order valence-corrected chi connectivity index (χ4v) is 0.563.